The van der Waals surface area contributed by atoms with Crippen molar-refractivity contribution in [1.29, 1.82) is 0 Å². The zero-order chi connectivity index (χ0) is 19.8. The van der Waals surface area contributed by atoms with Crippen LogP contribution >= 0.6 is 12.2 Å². The first kappa shape index (κ1) is 20.1. The van der Waals surface area contributed by atoms with E-state index in [-0.39, 0.29) is 16.5 Å². The number of nitro benzene ring substituents is 1. The minimum Gasteiger partial charge on any atom is -0.495 e. The van der Waals surface area contributed by atoms with Crippen LogP contribution in [0.5, 0.6) is 11.5 Å². The number of methoxy groups -OCH3 is 1. The lowest BCUT2D eigenvalue weighted by molar-refractivity contribution is -0.384. The topological polar surface area (TPSA) is 103 Å². The number of nitrogens with one attached hydrogen (secondary N) is 2. The fraction of sp³-hybridized carbons (Fsp3) is 0.222. The highest BCUT2D eigenvalue weighted by Gasteiger charge is 2.14. The van der Waals surface area contributed by atoms with E-state index in [0.29, 0.717) is 23.7 Å². The van der Waals surface area contributed by atoms with Crippen LogP contribution in [0.25, 0.3) is 0 Å². The summed E-state index contributed by atoms with van der Waals surface area (Å²) in [5, 5.41) is 16.2. The second kappa shape index (κ2) is 9.48. The fourth-order valence-electron chi connectivity index (χ4n) is 2.16. The van der Waals surface area contributed by atoms with Gasteiger partial charge in [-0.3, -0.25) is 20.2 Å². The molecule has 1 amide bonds. The molecule has 0 bridgehead atoms. The Morgan fingerprint density at radius 3 is 2.52 bits per heavy atom. The van der Waals surface area contributed by atoms with E-state index in [1.807, 2.05) is 6.92 Å². The summed E-state index contributed by atoms with van der Waals surface area (Å²) in [5.41, 5.74) is 0.546. The van der Waals surface area contributed by atoms with Gasteiger partial charge in [0.05, 0.1) is 24.3 Å². The first-order valence-corrected chi connectivity index (χ1v) is 8.53. The molecule has 0 atom stereocenters. The second-order valence-electron chi connectivity index (χ2n) is 5.42. The van der Waals surface area contributed by atoms with E-state index in [2.05, 4.69) is 10.6 Å². The third-order valence-electron chi connectivity index (χ3n) is 3.46. The minimum absolute atomic E-state index is 0.00916. The monoisotopic (exact) mass is 389 g/mol. The second-order valence-corrected chi connectivity index (χ2v) is 5.83. The molecule has 0 aliphatic carbocycles. The van der Waals surface area contributed by atoms with Gasteiger partial charge in [-0.05, 0) is 49.0 Å². The van der Waals surface area contributed by atoms with Crippen molar-refractivity contribution >= 4 is 34.6 Å². The number of thiocarbonyl (C=S) groups is 1. The van der Waals surface area contributed by atoms with E-state index < -0.39 is 10.8 Å². The van der Waals surface area contributed by atoms with Gasteiger partial charge in [-0.15, -0.1) is 0 Å². The number of hydrogen-bond acceptors (Lipinski definition) is 6. The molecule has 0 saturated heterocycles. The Bertz CT molecular complexity index is 839. The Balaban J connectivity index is 2.03. The standard InChI is InChI=1S/C18H19N3O5S/c1-3-10-26-14-7-4-12(5-8-14)17(22)20-18(27)19-15-11-13(21(23)24)6-9-16(15)25-2/h4-9,11H,3,10H2,1-2H3,(H2,19,20,22,27). The molecule has 0 aromatic heterocycles. The predicted molar refractivity (Wildman–Crippen MR) is 106 cm³/mol. The molecule has 9 heteroatoms. The summed E-state index contributed by atoms with van der Waals surface area (Å²) in [6, 6.07) is 10.7. The molecular weight excluding hydrogens is 370 g/mol. The maximum Gasteiger partial charge on any atom is 0.271 e. The average molecular weight is 389 g/mol. The molecule has 2 N–H and O–H groups in total. The van der Waals surface area contributed by atoms with Crippen LogP contribution in [0, 0.1) is 10.1 Å². The lowest BCUT2D eigenvalue weighted by Crippen LogP contribution is -2.34. The van der Waals surface area contributed by atoms with Gasteiger partial charge < -0.3 is 14.8 Å². The van der Waals surface area contributed by atoms with Gasteiger partial charge in [0.15, 0.2) is 5.11 Å². The zero-order valence-corrected chi connectivity index (χ0v) is 15.7. The van der Waals surface area contributed by atoms with Crippen LogP contribution in [-0.2, 0) is 0 Å². The van der Waals surface area contributed by atoms with E-state index in [1.54, 1.807) is 24.3 Å². The Hall–Kier alpha value is -3.20. The van der Waals surface area contributed by atoms with Crippen molar-refractivity contribution in [2.45, 2.75) is 13.3 Å². The first-order chi connectivity index (χ1) is 12.9. The van der Waals surface area contributed by atoms with Gasteiger partial charge in [0.25, 0.3) is 11.6 Å². The Labute approximate surface area is 161 Å². The maximum absolute atomic E-state index is 12.3. The van der Waals surface area contributed by atoms with Crippen molar-refractivity contribution in [3.8, 4) is 11.5 Å². The molecule has 8 nitrogen and oxygen atoms in total. The van der Waals surface area contributed by atoms with E-state index in [0.717, 1.165) is 6.42 Å². The SMILES string of the molecule is CCCOc1ccc(C(=O)NC(=S)Nc2cc([N+](=O)[O-])ccc2OC)cc1. The summed E-state index contributed by atoms with van der Waals surface area (Å²) in [7, 11) is 1.43. The third kappa shape index (κ3) is 5.65. The molecule has 2 rings (SSSR count). The molecule has 2 aromatic carbocycles. The van der Waals surface area contributed by atoms with Crippen molar-refractivity contribution in [3.05, 3.63) is 58.1 Å². The van der Waals surface area contributed by atoms with Crippen molar-refractivity contribution in [1.82, 2.24) is 5.32 Å². The first-order valence-electron chi connectivity index (χ1n) is 8.12. The number of hydrogen-bond donors (Lipinski definition) is 2. The normalized spacial score (nSPS) is 10.0. The van der Waals surface area contributed by atoms with Gasteiger partial charge in [0.2, 0.25) is 0 Å². The van der Waals surface area contributed by atoms with Gasteiger partial charge in [-0.2, -0.15) is 0 Å². The lowest BCUT2D eigenvalue weighted by atomic mass is 10.2. The van der Waals surface area contributed by atoms with Crippen molar-refractivity contribution < 1.29 is 19.2 Å². The minimum atomic E-state index is -0.533. The van der Waals surface area contributed by atoms with E-state index in [9.17, 15) is 14.9 Å². The van der Waals surface area contributed by atoms with E-state index >= 15 is 0 Å². The molecule has 0 unspecified atom stereocenters. The predicted octanol–water partition coefficient (Wildman–Crippen LogP) is 3.52. The number of anilines is 1. The molecule has 0 radical (unpaired) electrons. The van der Waals surface area contributed by atoms with Crippen LogP contribution in [0.3, 0.4) is 0 Å². The molecule has 0 heterocycles. The van der Waals surface area contributed by atoms with Gasteiger partial charge in [0.1, 0.15) is 11.5 Å². The van der Waals surface area contributed by atoms with Crippen LogP contribution in [0.2, 0.25) is 0 Å². The Morgan fingerprint density at radius 1 is 1.22 bits per heavy atom. The van der Waals surface area contributed by atoms with Crippen LogP contribution in [-0.4, -0.2) is 29.7 Å². The highest BCUT2D eigenvalue weighted by molar-refractivity contribution is 7.80. The summed E-state index contributed by atoms with van der Waals surface area (Å²) in [6.07, 6.45) is 0.892. The highest BCUT2D eigenvalue weighted by Crippen LogP contribution is 2.28. The molecule has 0 aliphatic rings. The molecule has 0 spiro atoms. The van der Waals surface area contributed by atoms with Gasteiger partial charge >= 0.3 is 0 Å². The van der Waals surface area contributed by atoms with E-state index in [1.165, 1.54) is 25.3 Å². The summed E-state index contributed by atoms with van der Waals surface area (Å²) < 4.78 is 10.6. The third-order valence-corrected chi connectivity index (χ3v) is 3.66. The summed E-state index contributed by atoms with van der Waals surface area (Å²) in [6.45, 7) is 2.61. The summed E-state index contributed by atoms with van der Waals surface area (Å²) >= 11 is 5.12. The number of non-ortho nitro benzene ring substituents is 1. The number of carbonyl (C=O) groups excluding carboxylic acids is 1. The van der Waals surface area contributed by atoms with Crippen LogP contribution in [0.4, 0.5) is 11.4 Å². The van der Waals surface area contributed by atoms with Crippen LogP contribution in [0.1, 0.15) is 23.7 Å². The lowest BCUT2D eigenvalue weighted by Gasteiger charge is -2.13. The van der Waals surface area contributed by atoms with Crippen LogP contribution < -0.4 is 20.1 Å². The number of rotatable bonds is 7. The fourth-order valence-corrected chi connectivity index (χ4v) is 2.36. The van der Waals surface area contributed by atoms with Crippen molar-refractivity contribution in [2.24, 2.45) is 0 Å². The Kier molecular flexibility index (Phi) is 7.07. The number of nitrogens with zero attached hydrogens (tertiary/aromatic N) is 1. The molecule has 27 heavy (non-hydrogen) atoms. The quantitative estimate of drug-likeness (QED) is 0.424. The molecule has 2 aromatic rings. The molecule has 0 saturated carbocycles. The smallest absolute Gasteiger partial charge is 0.271 e. The van der Waals surface area contributed by atoms with Gasteiger partial charge in [-0.1, -0.05) is 6.92 Å². The average Bonchev–Trinajstić information content (AvgIpc) is 2.66. The van der Waals surface area contributed by atoms with Crippen molar-refractivity contribution in [2.75, 3.05) is 19.0 Å². The number of amides is 1. The highest BCUT2D eigenvalue weighted by atomic mass is 32.1. The summed E-state index contributed by atoms with van der Waals surface area (Å²) in [5.74, 6) is 0.615. The summed E-state index contributed by atoms with van der Waals surface area (Å²) in [4.78, 5) is 22.7. The molecule has 142 valence electrons. The number of ether oxygens (including phenoxy) is 2. The van der Waals surface area contributed by atoms with Crippen molar-refractivity contribution in [3.63, 3.8) is 0 Å². The molecule has 0 fully saturated rings. The van der Waals surface area contributed by atoms with Gasteiger partial charge in [-0.25, -0.2) is 0 Å². The van der Waals surface area contributed by atoms with Crippen LogP contribution in [0.15, 0.2) is 42.5 Å². The zero-order valence-electron chi connectivity index (χ0n) is 14.9. The molecule has 0 aliphatic heterocycles. The molecular formula is C18H19N3O5S. The maximum atomic E-state index is 12.3. The van der Waals surface area contributed by atoms with Gasteiger partial charge in [0, 0.05) is 17.7 Å². The number of carbonyl (C=O) groups is 1. The largest absolute Gasteiger partial charge is 0.495 e. The number of benzene rings is 2. The Morgan fingerprint density at radius 2 is 1.93 bits per heavy atom. The van der Waals surface area contributed by atoms with E-state index in [4.69, 9.17) is 21.7 Å². The number of nitro groups is 1.